The highest BCUT2D eigenvalue weighted by molar-refractivity contribution is 6.30. The quantitative estimate of drug-likeness (QED) is 0.673. The Morgan fingerprint density at radius 3 is 2.15 bits per heavy atom. The van der Waals surface area contributed by atoms with Crippen LogP contribution in [0.25, 0.3) is 0 Å². The maximum atomic E-state index is 12.8. The van der Waals surface area contributed by atoms with E-state index >= 15 is 0 Å². The van der Waals surface area contributed by atoms with Gasteiger partial charge in [0.05, 0.1) is 6.42 Å². The van der Waals surface area contributed by atoms with Gasteiger partial charge in [0, 0.05) is 23.6 Å². The van der Waals surface area contributed by atoms with Crippen molar-refractivity contribution in [1.29, 1.82) is 0 Å². The van der Waals surface area contributed by atoms with Crippen LogP contribution in [0.1, 0.15) is 22.3 Å². The van der Waals surface area contributed by atoms with Gasteiger partial charge in [0.25, 0.3) is 5.91 Å². The highest BCUT2D eigenvalue weighted by Crippen LogP contribution is 2.09. The first-order valence-electron chi connectivity index (χ1n) is 7.80. The molecule has 26 heavy (non-hydrogen) atoms. The minimum absolute atomic E-state index is 0.00381. The Morgan fingerprint density at radius 2 is 1.50 bits per heavy atom. The van der Waals surface area contributed by atoms with Crippen molar-refractivity contribution < 1.29 is 18.8 Å². The molecule has 0 saturated carbocycles. The van der Waals surface area contributed by atoms with E-state index in [4.69, 9.17) is 11.6 Å². The Bertz CT molecular complexity index is 779. The molecule has 0 atom stereocenters. The maximum absolute atomic E-state index is 12.8. The molecule has 6 nitrogen and oxygen atoms in total. The van der Waals surface area contributed by atoms with Gasteiger partial charge in [0.2, 0.25) is 11.8 Å². The molecule has 0 fully saturated rings. The lowest BCUT2D eigenvalue weighted by Crippen LogP contribution is -2.43. The highest BCUT2D eigenvalue weighted by atomic mass is 35.5. The van der Waals surface area contributed by atoms with Crippen molar-refractivity contribution in [2.45, 2.75) is 12.8 Å². The van der Waals surface area contributed by atoms with E-state index in [9.17, 15) is 18.8 Å². The van der Waals surface area contributed by atoms with E-state index in [2.05, 4.69) is 16.2 Å². The van der Waals surface area contributed by atoms with Crippen molar-refractivity contribution in [2.75, 3.05) is 6.54 Å². The molecular weight excluding hydrogens is 361 g/mol. The Morgan fingerprint density at radius 1 is 0.885 bits per heavy atom. The van der Waals surface area contributed by atoms with E-state index in [1.165, 1.54) is 24.3 Å². The molecule has 0 spiro atoms. The number of hydrazine groups is 1. The first kappa shape index (κ1) is 19.4. The summed E-state index contributed by atoms with van der Waals surface area (Å²) >= 11 is 5.74. The van der Waals surface area contributed by atoms with Gasteiger partial charge in [0.1, 0.15) is 5.82 Å². The second-order valence-corrected chi connectivity index (χ2v) is 5.85. The summed E-state index contributed by atoms with van der Waals surface area (Å²) in [5, 5.41) is 3.12. The second-order valence-electron chi connectivity index (χ2n) is 5.41. The van der Waals surface area contributed by atoms with Crippen molar-refractivity contribution in [3.63, 3.8) is 0 Å². The number of benzene rings is 2. The minimum atomic E-state index is -0.450. The topological polar surface area (TPSA) is 87.3 Å². The van der Waals surface area contributed by atoms with Gasteiger partial charge in [-0.15, -0.1) is 0 Å². The number of carbonyl (C=O) groups is 3. The maximum Gasteiger partial charge on any atom is 0.251 e. The molecule has 0 aliphatic carbocycles. The monoisotopic (exact) mass is 377 g/mol. The third-order valence-corrected chi connectivity index (χ3v) is 3.62. The minimum Gasteiger partial charge on any atom is -0.352 e. The van der Waals surface area contributed by atoms with Gasteiger partial charge in [-0.2, -0.15) is 0 Å². The summed E-state index contributed by atoms with van der Waals surface area (Å²) < 4.78 is 12.8. The van der Waals surface area contributed by atoms with E-state index in [-0.39, 0.29) is 31.1 Å². The van der Waals surface area contributed by atoms with Crippen LogP contribution in [-0.2, 0) is 16.0 Å². The fourth-order valence-corrected chi connectivity index (χ4v) is 2.15. The van der Waals surface area contributed by atoms with Crippen LogP contribution in [0.3, 0.4) is 0 Å². The third-order valence-electron chi connectivity index (χ3n) is 3.36. The summed E-state index contributed by atoms with van der Waals surface area (Å²) in [6.07, 6.45) is 0.00399. The van der Waals surface area contributed by atoms with Crippen LogP contribution in [0.4, 0.5) is 4.39 Å². The van der Waals surface area contributed by atoms with Crippen LogP contribution >= 0.6 is 11.6 Å². The number of halogens is 2. The molecule has 3 N–H and O–H groups in total. The van der Waals surface area contributed by atoms with E-state index < -0.39 is 11.8 Å². The predicted molar refractivity (Wildman–Crippen MR) is 94.8 cm³/mol. The molecule has 136 valence electrons. The number of amides is 3. The predicted octanol–water partition coefficient (Wildman–Crippen LogP) is 1.99. The Balaban J connectivity index is 1.65. The molecule has 2 rings (SSSR count). The smallest absolute Gasteiger partial charge is 0.251 e. The second kappa shape index (κ2) is 9.53. The molecule has 0 aromatic heterocycles. The van der Waals surface area contributed by atoms with Gasteiger partial charge in [-0.05, 0) is 42.0 Å². The largest absolute Gasteiger partial charge is 0.352 e. The van der Waals surface area contributed by atoms with Crippen LogP contribution < -0.4 is 16.2 Å². The first-order chi connectivity index (χ1) is 12.4. The third kappa shape index (κ3) is 6.52. The summed E-state index contributed by atoms with van der Waals surface area (Å²) in [5.74, 6) is -1.60. The van der Waals surface area contributed by atoms with E-state index in [1.807, 2.05) is 0 Å². The van der Waals surface area contributed by atoms with Crippen molar-refractivity contribution in [1.82, 2.24) is 16.2 Å². The van der Waals surface area contributed by atoms with Gasteiger partial charge in [-0.25, -0.2) is 4.39 Å². The Hall–Kier alpha value is -2.93. The van der Waals surface area contributed by atoms with E-state index in [0.29, 0.717) is 16.1 Å². The summed E-state index contributed by atoms with van der Waals surface area (Å²) in [4.78, 5) is 35.2. The molecule has 0 aliphatic rings. The first-order valence-corrected chi connectivity index (χ1v) is 8.18. The summed E-state index contributed by atoms with van der Waals surface area (Å²) in [6.45, 7) is 0.112. The van der Waals surface area contributed by atoms with Crippen LogP contribution in [0.15, 0.2) is 48.5 Å². The van der Waals surface area contributed by atoms with Crippen molar-refractivity contribution in [3.8, 4) is 0 Å². The molecule has 0 unspecified atom stereocenters. The molecule has 2 aromatic rings. The van der Waals surface area contributed by atoms with Crippen LogP contribution in [0.5, 0.6) is 0 Å². The van der Waals surface area contributed by atoms with Gasteiger partial charge in [-0.1, -0.05) is 23.7 Å². The van der Waals surface area contributed by atoms with Gasteiger partial charge in [0.15, 0.2) is 0 Å². The normalized spacial score (nSPS) is 10.1. The molecule has 2 aromatic carbocycles. The lowest BCUT2D eigenvalue weighted by molar-refractivity contribution is -0.128. The molecule has 3 amide bonds. The standard InChI is InChI=1S/C18H17ClFN3O3/c19-14-5-3-13(4-6-14)18(26)21-10-9-16(24)22-23-17(25)11-12-1-7-15(20)8-2-12/h1-8H,9-11H2,(H,21,26)(H,22,24)(H,23,25). The SMILES string of the molecule is O=C(CCNC(=O)c1ccc(Cl)cc1)NNC(=O)Cc1ccc(F)cc1. The van der Waals surface area contributed by atoms with Gasteiger partial charge >= 0.3 is 0 Å². The number of nitrogens with one attached hydrogen (secondary N) is 3. The van der Waals surface area contributed by atoms with Crippen LogP contribution in [0.2, 0.25) is 5.02 Å². The Labute approximate surface area is 154 Å². The zero-order chi connectivity index (χ0) is 18.9. The number of rotatable bonds is 6. The molecule has 0 radical (unpaired) electrons. The summed E-state index contributed by atoms with van der Waals surface area (Å²) in [7, 11) is 0. The molecule has 0 aliphatic heterocycles. The lowest BCUT2D eigenvalue weighted by atomic mass is 10.1. The van der Waals surface area contributed by atoms with Gasteiger partial charge in [-0.3, -0.25) is 25.2 Å². The fourth-order valence-electron chi connectivity index (χ4n) is 2.03. The number of carbonyl (C=O) groups excluding carboxylic acids is 3. The Kier molecular flexibility index (Phi) is 7.11. The molecular formula is C18H17ClFN3O3. The molecule has 0 saturated heterocycles. The van der Waals surface area contributed by atoms with E-state index in [0.717, 1.165) is 0 Å². The molecule has 0 heterocycles. The zero-order valence-electron chi connectivity index (χ0n) is 13.7. The van der Waals surface area contributed by atoms with Crippen LogP contribution in [-0.4, -0.2) is 24.3 Å². The summed E-state index contributed by atoms with van der Waals surface area (Å²) in [6, 6.07) is 11.8. The van der Waals surface area contributed by atoms with Crippen molar-refractivity contribution >= 4 is 29.3 Å². The van der Waals surface area contributed by atoms with E-state index in [1.54, 1.807) is 24.3 Å². The lowest BCUT2D eigenvalue weighted by Gasteiger charge is -2.08. The summed E-state index contributed by atoms with van der Waals surface area (Å²) in [5.41, 5.74) is 5.57. The zero-order valence-corrected chi connectivity index (χ0v) is 14.5. The van der Waals surface area contributed by atoms with Crippen molar-refractivity contribution in [3.05, 3.63) is 70.5 Å². The average molecular weight is 378 g/mol. The molecule has 0 bridgehead atoms. The average Bonchev–Trinajstić information content (AvgIpc) is 2.62. The van der Waals surface area contributed by atoms with Gasteiger partial charge < -0.3 is 5.32 Å². The van der Waals surface area contributed by atoms with Crippen molar-refractivity contribution in [2.24, 2.45) is 0 Å². The highest BCUT2D eigenvalue weighted by Gasteiger charge is 2.08. The molecule has 8 heteroatoms. The number of hydrogen-bond donors (Lipinski definition) is 3. The number of hydrogen-bond acceptors (Lipinski definition) is 3. The fraction of sp³-hybridized carbons (Fsp3) is 0.167. The van der Waals surface area contributed by atoms with Crippen LogP contribution in [0, 0.1) is 5.82 Å².